The zero-order chi connectivity index (χ0) is 21.7. The highest BCUT2D eigenvalue weighted by Gasteiger charge is 2.31. The SMILES string of the molecule is O=C(C[C@H]1CSc2nc3c(cnn3-c3ccccc3)c(=O)n21)N1CCc2ccccc2C1. The third-order valence-corrected chi connectivity index (χ3v) is 7.36. The maximum Gasteiger partial charge on any atom is 0.265 e. The molecule has 0 radical (unpaired) electrons. The van der Waals surface area contributed by atoms with Gasteiger partial charge in [-0.15, -0.1) is 0 Å². The van der Waals surface area contributed by atoms with Gasteiger partial charge in [0, 0.05) is 25.3 Å². The van der Waals surface area contributed by atoms with Crippen LogP contribution in [0.5, 0.6) is 0 Å². The van der Waals surface area contributed by atoms with Crippen LogP contribution in [0.1, 0.15) is 23.6 Å². The number of benzene rings is 2. The van der Waals surface area contributed by atoms with E-state index in [1.54, 1.807) is 15.4 Å². The summed E-state index contributed by atoms with van der Waals surface area (Å²) >= 11 is 1.53. The molecule has 0 unspecified atom stereocenters. The predicted octanol–water partition coefficient (Wildman–Crippen LogP) is 3.20. The van der Waals surface area contributed by atoms with Gasteiger partial charge in [0.05, 0.1) is 17.9 Å². The van der Waals surface area contributed by atoms with E-state index < -0.39 is 0 Å². The molecular formula is C24H21N5O2S. The monoisotopic (exact) mass is 443 g/mol. The van der Waals surface area contributed by atoms with Crippen LogP contribution in [0.3, 0.4) is 0 Å². The number of aromatic nitrogens is 4. The first-order valence-electron chi connectivity index (χ1n) is 10.7. The number of carbonyl (C=O) groups is 1. The third kappa shape index (κ3) is 3.14. The van der Waals surface area contributed by atoms with Crippen LogP contribution in [0.15, 0.2) is 70.7 Å². The van der Waals surface area contributed by atoms with E-state index in [2.05, 4.69) is 17.2 Å². The lowest BCUT2D eigenvalue weighted by atomic mass is 9.99. The first kappa shape index (κ1) is 19.3. The molecule has 0 N–H and O–H groups in total. The fourth-order valence-electron chi connectivity index (χ4n) is 4.58. The second kappa shape index (κ2) is 7.63. The van der Waals surface area contributed by atoms with Gasteiger partial charge in [-0.05, 0) is 29.7 Å². The first-order chi connectivity index (χ1) is 15.7. The molecular weight excluding hydrogens is 422 g/mol. The van der Waals surface area contributed by atoms with Crippen molar-refractivity contribution in [1.82, 2.24) is 24.2 Å². The van der Waals surface area contributed by atoms with Gasteiger partial charge in [0.15, 0.2) is 10.8 Å². The first-order valence-corrected chi connectivity index (χ1v) is 11.7. The number of para-hydroxylation sites is 1. The van der Waals surface area contributed by atoms with Crippen LogP contribution in [0, 0.1) is 0 Å². The molecule has 0 fully saturated rings. The van der Waals surface area contributed by atoms with Crippen LogP contribution in [0.2, 0.25) is 0 Å². The van der Waals surface area contributed by atoms with Crippen molar-refractivity contribution in [2.75, 3.05) is 12.3 Å². The second-order valence-corrected chi connectivity index (χ2v) is 9.19. The molecule has 0 aliphatic carbocycles. The molecule has 1 atom stereocenters. The van der Waals surface area contributed by atoms with Crippen LogP contribution in [0.4, 0.5) is 0 Å². The molecule has 0 saturated carbocycles. The summed E-state index contributed by atoms with van der Waals surface area (Å²) in [6, 6.07) is 17.8. The van der Waals surface area contributed by atoms with Crippen LogP contribution < -0.4 is 5.56 Å². The van der Waals surface area contributed by atoms with Crippen molar-refractivity contribution in [1.29, 1.82) is 0 Å². The summed E-state index contributed by atoms with van der Waals surface area (Å²) in [4.78, 5) is 33.1. The summed E-state index contributed by atoms with van der Waals surface area (Å²) in [5, 5.41) is 5.54. The average Bonchev–Trinajstić information content (AvgIpc) is 3.44. The standard InChI is InChI=1S/C24H21N5O2S/c30-21(27-11-10-16-6-4-5-7-17(16)14-27)12-19-15-32-24-26-22-20(23(31)28(19)24)13-25-29(22)18-8-2-1-3-9-18/h1-9,13,19H,10-12,14-15H2/t19-/m0/s1. The Morgan fingerprint density at radius 3 is 2.69 bits per heavy atom. The van der Waals surface area contributed by atoms with Crippen LogP contribution in [-0.2, 0) is 17.8 Å². The summed E-state index contributed by atoms with van der Waals surface area (Å²) in [5.74, 6) is 0.758. The van der Waals surface area contributed by atoms with Crippen LogP contribution in [0.25, 0.3) is 16.7 Å². The van der Waals surface area contributed by atoms with E-state index in [0.717, 1.165) is 18.7 Å². The summed E-state index contributed by atoms with van der Waals surface area (Å²) in [6.45, 7) is 1.36. The summed E-state index contributed by atoms with van der Waals surface area (Å²) in [7, 11) is 0. The van der Waals surface area contributed by atoms with E-state index in [-0.39, 0.29) is 17.5 Å². The Labute approximate surface area is 188 Å². The number of fused-ring (bicyclic) bond motifs is 3. The number of thioether (sulfide) groups is 1. The Bertz CT molecular complexity index is 1390. The number of amides is 1. The molecule has 2 aliphatic rings. The summed E-state index contributed by atoms with van der Waals surface area (Å²) < 4.78 is 3.39. The molecule has 0 bridgehead atoms. The molecule has 2 aromatic carbocycles. The number of hydrogen-bond acceptors (Lipinski definition) is 5. The van der Waals surface area contributed by atoms with Gasteiger partial charge >= 0.3 is 0 Å². The van der Waals surface area contributed by atoms with Crippen molar-refractivity contribution in [2.24, 2.45) is 0 Å². The number of rotatable bonds is 3. The molecule has 4 heterocycles. The molecule has 160 valence electrons. The molecule has 0 saturated heterocycles. The normalized spacial score (nSPS) is 17.4. The fourth-order valence-corrected chi connectivity index (χ4v) is 5.71. The van der Waals surface area contributed by atoms with E-state index in [1.807, 2.05) is 47.4 Å². The maximum absolute atomic E-state index is 13.3. The minimum atomic E-state index is -0.191. The van der Waals surface area contributed by atoms with Gasteiger partial charge in [0.1, 0.15) is 5.39 Å². The molecule has 6 rings (SSSR count). The van der Waals surface area contributed by atoms with Gasteiger partial charge in [0.2, 0.25) is 5.91 Å². The van der Waals surface area contributed by atoms with Gasteiger partial charge < -0.3 is 4.90 Å². The maximum atomic E-state index is 13.3. The lowest BCUT2D eigenvalue weighted by Crippen LogP contribution is -2.38. The van der Waals surface area contributed by atoms with Crippen molar-refractivity contribution >= 4 is 28.7 Å². The average molecular weight is 444 g/mol. The molecule has 1 amide bonds. The third-order valence-electron chi connectivity index (χ3n) is 6.26. The van der Waals surface area contributed by atoms with Crippen molar-refractivity contribution in [2.45, 2.75) is 30.6 Å². The van der Waals surface area contributed by atoms with Gasteiger partial charge in [0.25, 0.3) is 5.56 Å². The number of nitrogens with zero attached hydrogens (tertiary/aromatic N) is 5. The van der Waals surface area contributed by atoms with E-state index >= 15 is 0 Å². The Balaban J connectivity index is 1.29. The van der Waals surface area contributed by atoms with Crippen molar-refractivity contribution < 1.29 is 4.79 Å². The summed E-state index contributed by atoms with van der Waals surface area (Å²) in [5.41, 5.74) is 3.82. The molecule has 8 heteroatoms. The Hall–Kier alpha value is -3.39. The van der Waals surface area contributed by atoms with E-state index in [9.17, 15) is 9.59 Å². The molecule has 32 heavy (non-hydrogen) atoms. The second-order valence-electron chi connectivity index (χ2n) is 8.20. The molecule has 0 spiro atoms. The van der Waals surface area contributed by atoms with E-state index in [1.165, 1.54) is 22.9 Å². The summed E-state index contributed by atoms with van der Waals surface area (Å²) in [6.07, 6.45) is 2.76. The van der Waals surface area contributed by atoms with E-state index in [0.29, 0.717) is 34.9 Å². The zero-order valence-electron chi connectivity index (χ0n) is 17.3. The van der Waals surface area contributed by atoms with Crippen LogP contribution in [-0.4, -0.2) is 42.4 Å². The van der Waals surface area contributed by atoms with Gasteiger partial charge in [-0.1, -0.05) is 54.2 Å². The Morgan fingerprint density at radius 2 is 1.84 bits per heavy atom. The van der Waals surface area contributed by atoms with Crippen molar-refractivity contribution in [3.05, 3.63) is 82.3 Å². The Morgan fingerprint density at radius 1 is 1.06 bits per heavy atom. The van der Waals surface area contributed by atoms with Crippen LogP contribution >= 0.6 is 11.8 Å². The quantitative estimate of drug-likeness (QED) is 0.455. The highest BCUT2D eigenvalue weighted by atomic mass is 32.2. The fraction of sp³-hybridized carbons (Fsp3) is 0.250. The minimum Gasteiger partial charge on any atom is -0.338 e. The topological polar surface area (TPSA) is 73.0 Å². The smallest absolute Gasteiger partial charge is 0.265 e. The van der Waals surface area contributed by atoms with Gasteiger partial charge in [-0.2, -0.15) is 5.10 Å². The number of carbonyl (C=O) groups excluding carboxylic acids is 1. The highest BCUT2D eigenvalue weighted by molar-refractivity contribution is 7.99. The molecule has 7 nitrogen and oxygen atoms in total. The van der Waals surface area contributed by atoms with Gasteiger partial charge in [-0.25, -0.2) is 9.67 Å². The molecule has 4 aromatic rings. The van der Waals surface area contributed by atoms with E-state index in [4.69, 9.17) is 4.98 Å². The molecule has 2 aromatic heterocycles. The lowest BCUT2D eigenvalue weighted by Gasteiger charge is -2.29. The largest absolute Gasteiger partial charge is 0.338 e. The highest BCUT2D eigenvalue weighted by Crippen LogP contribution is 2.34. The zero-order valence-corrected chi connectivity index (χ0v) is 18.2. The Kier molecular flexibility index (Phi) is 4.61. The van der Waals surface area contributed by atoms with Crippen molar-refractivity contribution in [3.8, 4) is 5.69 Å². The van der Waals surface area contributed by atoms with Crippen molar-refractivity contribution in [3.63, 3.8) is 0 Å². The number of hydrogen-bond donors (Lipinski definition) is 0. The lowest BCUT2D eigenvalue weighted by molar-refractivity contribution is -0.132. The minimum absolute atomic E-state index is 0.0879. The predicted molar refractivity (Wildman–Crippen MR) is 123 cm³/mol. The molecule has 2 aliphatic heterocycles. The van der Waals surface area contributed by atoms with Gasteiger partial charge in [-0.3, -0.25) is 14.2 Å².